The molecule has 3 heterocycles. The van der Waals surface area contributed by atoms with Crippen LogP contribution in [0.3, 0.4) is 0 Å². The van der Waals surface area contributed by atoms with Crippen molar-refractivity contribution in [2.45, 2.75) is 6.04 Å². The molecule has 34 heavy (non-hydrogen) atoms. The molecule has 2 aromatic carbocycles. The van der Waals surface area contributed by atoms with Crippen molar-refractivity contribution in [1.82, 2.24) is 15.0 Å². The molecule has 9 nitrogen and oxygen atoms in total. The Morgan fingerprint density at radius 3 is 2.44 bits per heavy atom. The van der Waals surface area contributed by atoms with Gasteiger partial charge < -0.3 is 19.6 Å². The third kappa shape index (κ3) is 3.34. The second-order valence-electron chi connectivity index (χ2n) is 7.60. The van der Waals surface area contributed by atoms with Crippen LogP contribution in [0.1, 0.15) is 17.2 Å². The first-order chi connectivity index (χ1) is 16.5. The molecular weight excluding hydrogens is 436 g/mol. The number of aromatic nitrogens is 3. The number of hydrogen-bond donors (Lipinski definition) is 2. The number of nitrogens with zero attached hydrogens (tertiary/aromatic N) is 3. The van der Waals surface area contributed by atoms with Crippen molar-refractivity contribution in [1.29, 1.82) is 0 Å². The fourth-order valence-electron chi connectivity index (χ4n) is 4.10. The molecule has 170 valence electrons. The van der Waals surface area contributed by atoms with Gasteiger partial charge in [0.15, 0.2) is 11.5 Å². The SMILES string of the molecule is COc1ccc(/C(O)=C2\C(=O)C(=O)N(c3nc4ccccc4[nH]3)C2c2ccncc2)cc1OC. The van der Waals surface area contributed by atoms with Gasteiger partial charge in [-0.25, -0.2) is 4.98 Å². The number of Topliss-reactive ketones (excluding diaryl/α,β-unsaturated/α-hetero) is 1. The Kier molecular flexibility index (Phi) is 5.21. The summed E-state index contributed by atoms with van der Waals surface area (Å²) in [5.41, 5.74) is 2.19. The standard InChI is InChI=1S/C25H20N4O5/c1-33-18-8-7-15(13-19(18)34-2)22(30)20-21(14-9-11-26-12-10-14)29(24(32)23(20)31)25-27-16-5-3-4-6-17(16)28-25/h3-13,21,30H,1-2H3,(H,27,28)/b22-20+. The van der Waals surface area contributed by atoms with E-state index in [9.17, 15) is 14.7 Å². The van der Waals surface area contributed by atoms with Crippen molar-refractivity contribution < 1.29 is 24.2 Å². The number of aliphatic hydroxyl groups is 1. The van der Waals surface area contributed by atoms with Crippen molar-refractivity contribution >= 4 is 34.4 Å². The summed E-state index contributed by atoms with van der Waals surface area (Å²) in [6.45, 7) is 0. The number of aromatic amines is 1. The second kappa shape index (κ2) is 8.36. The van der Waals surface area contributed by atoms with Crippen molar-refractivity contribution in [3.63, 3.8) is 0 Å². The highest BCUT2D eigenvalue weighted by atomic mass is 16.5. The Hall–Kier alpha value is -4.66. The minimum Gasteiger partial charge on any atom is -0.507 e. The van der Waals surface area contributed by atoms with Gasteiger partial charge in [0, 0.05) is 18.0 Å². The quantitative estimate of drug-likeness (QED) is 0.268. The number of amides is 1. The molecule has 0 saturated carbocycles. The molecule has 0 spiro atoms. The Labute approximate surface area is 194 Å². The number of ether oxygens (including phenoxy) is 2. The summed E-state index contributed by atoms with van der Waals surface area (Å²) in [4.78, 5) is 39.4. The molecule has 2 aromatic heterocycles. The lowest BCUT2D eigenvalue weighted by Gasteiger charge is -2.23. The topological polar surface area (TPSA) is 118 Å². The molecule has 1 aliphatic rings. The molecule has 5 rings (SSSR count). The number of fused-ring (bicyclic) bond motifs is 1. The molecule has 1 unspecified atom stereocenters. The maximum absolute atomic E-state index is 13.3. The van der Waals surface area contributed by atoms with Crippen LogP contribution in [-0.4, -0.2) is 46.0 Å². The van der Waals surface area contributed by atoms with Gasteiger partial charge in [-0.3, -0.25) is 19.5 Å². The average Bonchev–Trinajstić information content (AvgIpc) is 3.42. The highest BCUT2D eigenvalue weighted by Gasteiger charge is 2.48. The normalized spacial score (nSPS) is 17.4. The third-order valence-corrected chi connectivity index (χ3v) is 5.73. The Morgan fingerprint density at radius 2 is 1.74 bits per heavy atom. The first-order valence-electron chi connectivity index (χ1n) is 10.4. The number of para-hydroxylation sites is 2. The monoisotopic (exact) mass is 456 g/mol. The van der Waals surface area contributed by atoms with E-state index in [2.05, 4.69) is 15.0 Å². The highest BCUT2D eigenvalue weighted by molar-refractivity contribution is 6.51. The van der Waals surface area contributed by atoms with E-state index in [1.807, 2.05) is 18.2 Å². The predicted molar refractivity (Wildman–Crippen MR) is 125 cm³/mol. The molecule has 2 N–H and O–H groups in total. The number of nitrogens with one attached hydrogen (secondary N) is 1. The van der Waals surface area contributed by atoms with E-state index in [-0.39, 0.29) is 17.3 Å². The van der Waals surface area contributed by atoms with Crippen molar-refractivity contribution in [2.75, 3.05) is 19.1 Å². The van der Waals surface area contributed by atoms with Gasteiger partial charge in [-0.1, -0.05) is 12.1 Å². The van der Waals surface area contributed by atoms with Gasteiger partial charge in [0.05, 0.1) is 36.9 Å². The van der Waals surface area contributed by atoms with E-state index in [4.69, 9.17) is 9.47 Å². The van der Waals surface area contributed by atoms with Crippen molar-refractivity contribution in [3.8, 4) is 11.5 Å². The number of imidazole rings is 1. The second-order valence-corrected chi connectivity index (χ2v) is 7.60. The van der Waals surface area contributed by atoms with Gasteiger partial charge in [-0.15, -0.1) is 0 Å². The third-order valence-electron chi connectivity index (χ3n) is 5.73. The highest BCUT2D eigenvalue weighted by Crippen LogP contribution is 2.42. The van der Waals surface area contributed by atoms with E-state index in [0.29, 0.717) is 33.7 Å². The molecule has 1 saturated heterocycles. The number of H-pyrrole nitrogens is 1. The molecule has 0 radical (unpaired) electrons. The molecule has 1 fully saturated rings. The first kappa shape index (κ1) is 21.2. The Balaban J connectivity index is 1.71. The van der Waals surface area contributed by atoms with E-state index < -0.39 is 17.7 Å². The molecular formula is C25H20N4O5. The number of rotatable bonds is 5. The number of aliphatic hydroxyl groups excluding tert-OH is 1. The molecule has 1 atom stereocenters. The predicted octanol–water partition coefficient (Wildman–Crippen LogP) is 3.60. The zero-order valence-electron chi connectivity index (χ0n) is 18.4. The summed E-state index contributed by atoms with van der Waals surface area (Å²) in [6, 6.07) is 14.5. The average molecular weight is 456 g/mol. The fourth-order valence-corrected chi connectivity index (χ4v) is 4.10. The van der Waals surface area contributed by atoms with Gasteiger partial charge in [0.25, 0.3) is 5.78 Å². The lowest BCUT2D eigenvalue weighted by Crippen LogP contribution is -2.30. The van der Waals surface area contributed by atoms with Crippen LogP contribution in [0.4, 0.5) is 5.95 Å². The van der Waals surface area contributed by atoms with Crippen LogP contribution in [0.5, 0.6) is 11.5 Å². The molecule has 0 aliphatic carbocycles. The van der Waals surface area contributed by atoms with E-state index in [1.54, 1.807) is 48.8 Å². The maximum Gasteiger partial charge on any atom is 0.302 e. The van der Waals surface area contributed by atoms with Gasteiger partial charge >= 0.3 is 5.91 Å². The number of pyridine rings is 1. The van der Waals surface area contributed by atoms with Gasteiger partial charge in [0.1, 0.15) is 5.76 Å². The first-order valence-corrected chi connectivity index (χ1v) is 10.4. The van der Waals surface area contributed by atoms with Gasteiger partial charge in [-0.2, -0.15) is 0 Å². The van der Waals surface area contributed by atoms with Gasteiger partial charge in [-0.05, 0) is 48.0 Å². The Bertz CT molecular complexity index is 1410. The number of anilines is 1. The van der Waals surface area contributed by atoms with E-state index in [0.717, 1.165) is 0 Å². The lowest BCUT2D eigenvalue weighted by atomic mass is 9.96. The summed E-state index contributed by atoms with van der Waals surface area (Å²) in [6.07, 6.45) is 3.12. The van der Waals surface area contributed by atoms with Crippen molar-refractivity contribution in [2.24, 2.45) is 0 Å². The number of carbonyl (C=O) groups excluding carboxylic acids is 2. The van der Waals surface area contributed by atoms with Crippen LogP contribution in [-0.2, 0) is 9.59 Å². The van der Waals surface area contributed by atoms with Crippen LogP contribution in [0, 0.1) is 0 Å². The summed E-state index contributed by atoms with van der Waals surface area (Å²) in [7, 11) is 2.97. The molecule has 4 aromatic rings. The largest absolute Gasteiger partial charge is 0.507 e. The molecule has 0 bridgehead atoms. The zero-order valence-corrected chi connectivity index (χ0v) is 18.4. The van der Waals surface area contributed by atoms with Crippen molar-refractivity contribution in [3.05, 3.63) is 83.7 Å². The summed E-state index contributed by atoms with van der Waals surface area (Å²) in [5.74, 6) is -0.917. The lowest BCUT2D eigenvalue weighted by molar-refractivity contribution is -0.132. The minimum atomic E-state index is -0.920. The number of benzene rings is 2. The summed E-state index contributed by atoms with van der Waals surface area (Å²) < 4.78 is 10.6. The zero-order chi connectivity index (χ0) is 23.8. The molecule has 1 amide bonds. The summed E-state index contributed by atoms with van der Waals surface area (Å²) >= 11 is 0. The number of methoxy groups -OCH3 is 2. The van der Waals surface area contributed by atoms with Crippen LogP contribution in [0.2, 0.25) is 0 Å². The summed E-state index contributed by atoms with van der Waals surface area (Å²) in [5, 5.41) is 11.3. The van der Waals surface area contributed by atoms with Crippen LogP contribution < -0.4 is 14.4 Å². The molecule has 1 aliphatic heterocycles. The number of carbonyl (C=O) groups is 2. The van der Waals surface area contributed by atoms with E-state index in [1.165, 1.54) is 19.1 Å². The smallest absolute Gasteiger partial charge is 0.302 e. The Morgan fingerprint density at radius 1 is 1.00 bits per heavy atom. The maximum atomic E-state index is 13.3. The minimum absolute atomic E-state index is 0.0659. The van der Waals surface area contributed by atoms with Crippen LogP contribution >= 0.6 is 0 Å². The van der Waals surface area contributed by atoms with Crippen LogP contribution in [0.15, 0.2) is 72.6 Å². The van der Waals surface area contributed by atoms with Gasteiger partial charge in [0.2, 0.25) is 5.95 Å². The number of hydrogen-bond acceptors (Lipinski definition) is 7. The van der Waals surface area contributed by atoms with E-state index >= 15 is 0 Å². The molecule has 9 heteroatoms. The number of ketones is 1. The van der Waals surface area contributed by atoms with Crippen LogP contribution in [0.25, 0.3) is 16.8 Å². The fraction of sp³-hybridized carbons (Fsp3) is 0.120.